The van der Waals surface area contributed by atoms with Gasteiger partial charge in [-0.1, -0.05) is 43.6 Å². The quantitative estimate of drug-likeness (QED) is 0.102. The second-order valence-corrected chi connectivity index (χ2v) is 10.3. The molecule has 1 rings (SSSR count). The molecule has 0 radical (unpaired) electrons. The predicted molar refractivity (Wildman–Crippen MR) is 149 cm³/mol. The fourth-order valence-electron chi connectivity index (χ4n) is 2.20. The Morgan fingerprint density at radius 2 is 1.05 bits per heavy atom. The molecule has 0 amide bonds. The molecule has 0 aromatic carbocycles. The molecule has 0 aromatic heterocycles. The summed E-state index contributed by atoms with van der Waals surface area (Å²) in [6.07, 6.45) is -5.15. The van der Waals surface area contributed by atoms with Crippen molar-refractivity contribution in [3.8, 4) is 0 Å². The van der Waals surface area contributed by atoms with Gasteiger partial charge >= 0.3 is 35.9 Å². The summed E-state index contributed by atoms with van der Waals surface area (Å²) in [4.78, 5) is 33.9. The number of hydrogen-bond acceptors (Lipinski definition) is 8. The molecule has 0 atom stereocenters. The van der Waals surface area contributed by atoms with Crippen LogP contribution in [0.4, 0.5) is 30.7 Å². The summed E-state index contributed by atoms with van der Waals surface area (Å²) in [6, 6.07) is 0. The van der Waals surface area contributed by atoms with Crippen LogP contribution in [-0.4, -0.2) is 74.8 Å². The molecule has 0 unspecified atom stereocenters. The molecule has 43 heavy (non-hydrogen) atoms. The minimum Gasteiger partial charge on any atom is -0.462 e. The van der Waals surface area contributed by atoms with Gasteiger partial charge in [0.2, 0.25) is 5.79 Å². The van der Waals surface area contributed by atoms with Crippen LogP contribution in [0.25, 0.3) is 0 Å². The lowest BCUT2D eigenvalue weighted by atomic mass is 9.91. The molecule has 1 aliphatic heterocycles. The third-order valence-corrected chi connectivity index (χ3v) is 5.92. The highest BCUT2D eigenvalue weighted by Gasteiger charge is 2.60. The highest BCUT2D eigenvalue weighted by molar-refractivity contribution is 5.76. The highest BCUT2D eigenvalue weighted by Crippen LogP contribution is 2.39. The van der Waals surface area contributed by atoms with Crippen molar-refractivity contribution in [2.75, 3.05) is 33.0 Å². The van der Waals surface area contributed by atoms with Gasteiger partial charge < -0.3 is 23.7 Å². The van der Waals surface area contributed by atoms with Crippen molar-refractivity contribution in [2.24, 2.45) is 10.8 Å². The van der Waals surface area contributed by atoms with Crippen LogP contribution in [0.15, 0.2) is 0 Å². The Balaban J connectivity index is -0.000000207. The van der Waals surface area contributed by atoms with Gasteiger partial charge in [0.05, 0.1) is 10.8 Å². The SMILES string of the molecule is C.C.C.C.CCC(C)(C)C(=O)OCC1(C)OCC(F)(F)C(F)(F)CO1.CCC(C)(C)C(=O)OCCOC(=O)CC(F)(F)F. The Morgan fingerprint density at radius 1 is 0.698 bits per heavy atom. The molecule has 15 heteroatoms. The molecule has 0 saturated carbocycles. The van der Waals surface area contributed by atoms with Gasteiger partial charge in [-0.05, 0) is 47.5 Å². The van der Waals surface area contributed by atoms with Gasteiger partial charge in [-0.2, -0.15) is 30.7 Å². The summed E-state index contributed by atoms with van der Waals surface area (Å²) in [5.41, 5.74) is -1.43. The average Bonchev–Trinajstić information content (AvgIpc) is 2.89. The van der Waals surface area contributed by atoms with Crippen molar-refractivity contribution in [1.82, 2.24) is 0 Å². The lowest BCUT2D eigenvalue weighted by Gasteiger charge is -2.29. The molecule has 1 heterocycles. The molecule has 0 N–H and O–H groups in total. The fourth-order valence-corrected chi connectivity index (χ4v) is 2.20. The minimum absolute atomic E-state index is 0. The second-order valence-electron chi connectivity index (χ2n) is 10.3. The predicted octanol–water partition coefficient (Wildman–Crippen LogP) is 8.01. The van der Waals surface area contributed by atoms with Crippen LogP contribution < -0.4 is 0 Å². The Kier molecular flexibility index (Phi) is 22.6. The minimum atomic E-state index is -4.59. The zero-order chi connectivity index (χ0) is 30.9. The van der Waals surface area contributed by atoms with Crippen LogP contribution in [0.2, 0.25) is 0 Å². The molecular weight excluding hydrogens is 597 g/mol. The molecule has 0 aliphatic carbocycles. The average molecular weight is 651 g/mol. The third-order valence-electron chi connectivity index (χ3n) is 5.92. The van der Waals surface area contributed by atoms with Crippen LogP contribution in [0.5, 0.6) is 0 Å². The summed E-state index contributed by atoms with van der Waals surface area (Å²) >= 11 is 0. The van der Waals surface area contributed by atoms with Crippen LogP contribution in [0.3, 0.4) is 0 Å². The molecule has 1 aliphatic rings. The Morgan fingerprint density at radius 3 is 1.40 bits per heavy atom. The zero-order valence-electron chi connectivity index (χ0n) is 23.1. The number of esters is 3. The molecule has 0 aromatic rings. The molecule has 8 nitrogen and oxygen atoms in total. The summed E-state index contributed by atoms with van der Waals surface area (Å²) < 4.78 is 111. The van der Waals surface area contributed by atoms with E-state index in [0.717, 1.165) is 0 Å². The zero-order valence-corrected chi connectivity index (χ0v) is 23.1. The van der Waals surface area contributed by atoms with E-state index in [-0.39, 0.29) is 42.9 Å². The maximum absolute atomic E-state index is 13.2. The number of hydrogen-bond donors (Lipinski definition) is 0. The molecule has 1 saturated heterocycles. The standard InChI is InChI=1S/C13H20F4O4.C11H17F3O4.4CH4/c1-5-10(2,3)9(18)19-6-11(4)20-7-12(14,15)13(16,17)8-21-11;1-4-10(2,3)9(16)18-6-5-17-8(15)7-11(12,13)14;;;;/h5-8H2,1-4H3;4-7H2,1-3H3;4*1H4. The van der Waals surface area contributed by atoms with Gasteiger partial charge in [0.25, 0.3) is 0 Å². The summed E-state index contributed by atoms with van der Waals surface area (Å²) in [5, 5.41) is 0. The maximum atomic E-state index is 13.2. The first kappa shape index (κ1) is 50.5. The summed E-state index contributed by atoms with van der Waals surface area (Å²) in [7, 11) is 0. The first-order chi connectivity index (χ1) is 17.4. The maximum Gasteiger partial charge on any atom is 0.399 e. The van der Waals surface area contributed by atoms with Crippen molar-refractivity contribution in [2.45, 2.75) is 121 Å². The lowest BCUT2D eigenvalue weighted by Crippen LogP contribution is -2.45. The van der Waals surface area contributed by atoms with E-state index in [1.54, 1.807) is 34.6 Å². The van der Waals surface area contributed by atoms with E-state index in [2.05, 4.69) is 4.74 Å². The Labute approximate surface area is 252 Å². The summed E-state index contributed by atoms with van der Waals surface area (Å²) in [6.45, 7) is 7.26. The van der Waals surface area contributed by atoms with Crippen molar-refractivity contribution < 1.29 is 68.8 Å². The monoisotopic (exact) mass is 650 g/mol. The van der Waals surface area contributed by atoms with Crippen molar-refractivity contribution in [3.63, 3.8) is 0 Å². The third kappa shape index (κ3) is 17.7. The normalized spacial score (nSPS) is 16.9. The number of rotatable bonds is 10. The topological polar surface area (TPSA) is 97.4 Å². The largest absolute Gasteiger partial charge is 0.462 e. The van der Waals surface area contributed by atoms with Gasteiger partial charge in [-0.15, -0.1) is 0 Å². The molecule has 0 bridgehead atoms. The Hall–Kier alpha value is -2.16. The second kappa shape index (κ2) is 19.3. The van der Waals surface area contributed by atoms with Gasteiger partial charge in [-0.3, -0.25) is 14.4 Å². The molecular formula is C28H53F7O8. The van der Waals surface area contributed by atoms with Crippen molar-refractivity contribution >= 4 is 17.9 Å². The van der Waals surface area contributed by atoms with E-state index in [1.807, 2.05) is 6.92 Å². The van der Waals surface area contributed by atoms with E-state index >= 15 is 0 Å². The number of halogens is 7. The van der Waals surface area contributed by atoms with E-state index in [9.17, 15) is 45.1 Å². The van der Waals surface area contributed by atoms with Gasteiger partial charge in [-0.25, -0.2) is 0 Å². The van der Waals surface area contributed by atoms with Crippen molar-refractivity contribution in [1.29, 1.82) is 0 Å². The van der Waals surface area contributed by atoms with E-state index < -0.39 is 78.8 Å². The number of carbonyl (C=O) groups excluding carboxylic acids is 3. The van der Waals surface area contributed by atoms with Gasteiger partial charge in [0.15, 0.2) is 0 Å². The van der Waals surface area contributed by atoms with Crippen LogP contribution >= 0.6 is 0 Å². The highest BCUT2D eigenvalue weighted by atomic mass is 19.4. The smallest absolute Gasteiger partial charge is 0.399 e. The molecule has 262 valence electrons. The first-order valence-electron chi connectivity index (χ1n) is 12.0. The number of ether oxygens (including phenoxy) is 5. The van der Waals surface area contributed by atoms with E-state index in [4.69, 9.17) is 18.9 Å². The van der Waals surface area contributed by atoms with E-state index in [1.165, 1.54) is 6.92 Å². The fraction of sp³-hybridized carbons (Fsp3) is 0.893. The van der Waals surface area contributed by atoms with Crippen molar-refractivity contribution in [3.05, 3.63) is 0 Å². The van der Waals surface area contributed by atoms with E-state index in [0.29, 0.717) is 12.8 Å². The van der Waals surface area contributed by atoms with Gasteiger partial charge in [0.1, 0.15) is 39.5 Å². The molecule has 1 fully saturated rings. The number of alkyl halides is 7. The van der Waals surface area contributed by atoms with Crippen LogP contribution in [0, 0.1) is 10.8 Å². The van der Waals surface area contributed by atoms with Gasteiger partial charge in [0, 0.05) is 0 Å². The first-order valence-corrected chi connectivity index (χ1v) is 12.0. The Bertz CT molecular complexity index is 810. The molecule has 0 spiro atoms. The van der Waals surface area contributed by atoms with Crippen LogP contribution in [0.1, 0.15) is 97.4 Å². The number of carbonyl (C=O) groups is 3. The summed E-state index contributed by atoms with van der Waals surface area (Å²) in [5.74, 6) is -12.9. The van der Waals surface area contributed by atoms with Crippen LogP contribution in [-0.2, 0) is 38.1 Å². The lowest BCUT2D eigenvalue weighted by molar-refractivity contribution is -0.249.